The van der Waals surface area contributed by atoms with E-state index in [9.17, 15) is 14.0 Å². The van der Waals surface area contributed by atoms with Gasteiger partial charge in [0.25, 0.3) is 5.91 Å². The Morgan fingerprint density at radius 3 is 2.50 bits per heavy atom. The number of nitrogens with one attached hydrogen (secondary N) is 2. The third kappa shape index (κ3) is 3.30. The molecule has 1 heterocycles. The van der Waals surface area contributed by atoms with Gasteiger partial charge < -0.3 is 10.4 Å². The van der Waals surface area contributed by atoms with Crippen LogP contribution in [0.3, 0.4) is 0 Å². The van der Waals surface area contributed by atoms with Crippen LogP contribution in [0.4, 0.5) is 10.1 Å². The number of nitrogens with zero attached hydrogens (tertiary/aromatic N) is 1. The van der Waals surface area contributed by atoms with Crippen molar-refractivity contribution in [1.82, 2.24) is 10.2 Å². The lowest BCUT2D eigenvalue weighted by Crippen LogP contribution is -2.14. The normalized spacial score (nSPS) is 11.3. The summed E-state index contributed by atoms with van der Waals surface area (Å²) >= 11 is 0. The highest BCUT2D eigenvalue weighted by atomic mass is 19.1. The summed E-state index contributed by atoms with van der Waals surface area (Å²) in [6, 6.07) is 4.75. The first kappa shape index (κ1) is 15.7. The molecule has 0 saturated carbocycles. The number of benzene rings is 1. The van der Waals surface area contributed by atoms with Crippen LogP contribution in [0.15, 0.2) is 24.3 Å². The van der Waals surface area contributed by atoms with Gasteiger partial charge in [-0.25, -0.2) is 9.18 Å². The summed E-state index contributed by atoms with van der Waals surface area (Å²) in [6.07, 6.45) is 0. The van der Waals surface area contributed by atoms with Gasteiger partial charge in [-0.05, 0) is 24.3 Å². The lowest BCUT2D eigenvalue weighted by Gasteiger charge is -2.14. The van der Waals surface area contributed by atoms with E-state index in [4.69, 9.17) is 5.11 Å². The van der Waals surface area contributed by atoms with E-state index in [0.29, 0.717) is 0 Å². The molecule has 7 heteroatoms. The van der Waals surface area contributed by atoms with Crippen molar-refractivity contribution in [2.75, 3.05) is 5.32 Å². The number of aromatic nitrogens is 2. The third-order valence-electron chi connectivity index (χ3n) is 3.08. The van der Waals surface area contributed by atoms with Crippen LogP contribution in [0, 0.1) is 5.82 Å². The quantitative estimate of drug-likeness (QED) is 0.812. The molecule has 22 heavy (non-hydrogen) atoms. The summed E-state index contributed by atoms with van der Waals surface area (Å²) in [5, 5.41) is 17.9. The second-order valence-corrected chi connectivity index (χ2v) is 5.87. The average molecular weight is 305 g/mol. The van der Waals surface area contributed by atoms with Gasteiger partial charge in [0.1, 0.15) is 5.82 Å². The van der Waals surface area contributed by atoms with Crippen molar-refractivity contribution >= 4 is 17.6 Å². The van der Waals surface area contributed by atoms with Crippen LogP contribution in [-0.2, 0) is 5.41 Å². The van der Waals surface area contributed by atoms with E-state index in [1.165, 1.54) is 0 Å². The molecular weight excluding hydrogens is 289 g/mol. The van der Waals surface area contributed by atoms with Gasteiger partial charge in [0.05, 0.1) is 11.3 Å². The minimum absolute atomic E-state index is 0.102. The lowest BCUT2D eigenvalue weighted by molar-refractivity contribution is 0.0696. The van der Waals surface area contributed by atoms with E-state index in [1.807, 2.05) is 20.8 Å². The molecule has 0 radical (unpaired) electrons. The number of carboxylic acid groups (broad SMARTS) is 1. The zero-order valence-corrected chi connectivity index (χ0v) is 12.4. The van der Waals surface area contributed by atoms with Crippen molar-refractivity contribution in [1.29, 1.82) is 0 Å². The Balaban J connectivity index is 2.24. The molecule has 0 aliphatic rings. The molecule has 0 atom stereocenters. The van der Waals surface area contributed by atoms with Crippen molar-refractivity contribution in [3.05, 3.63) is 47.0 Å². The number of amides is 1. The molecule has 1 amide bonds. The Morgan fingerprint density at radius 2 is 1.95 bits per heavy atom. The Hall–Kier alpha value is -2.70. The number of rotatable bonds is 3. The Kier molecular flexibility index (Phi) is 3.99. The van der Waals surface area contributed by atoms with E-state index in [2.05, 4.69) is 15.5 Å². The van der Waals surface area contributed by atoms with E-state index < -0.39 is 17.7 Å². The van der Waals surface area contributed by atoms with Crippen LogP contribution < -0.4 is 5.32 Å². The Morgan fingerprint density at radius 1 is 1.27 bits per heavy atom. The maximum absolute atomic E-state index is 13.7. The lowest BCUT2D eigenvalue weighted by atomic mass is 9.92. The van der Waals surface area contributed by atoms with Crippen molar-refractivity contribution in [2.24, 2.45) is 0 Å². The maximum Gasteiger partial charge on any atom is 0.335 e. The zero-order valence-electron chi connectivity index (χ0n) is 12.4. The van der Waals surface area contributed by atoms with Gasteiger partial charge in [0, 0.05) is 11.1 Å². The SMILES string of the molecule is CC(C)(C)c1cc(C(=O)Nc2cc(C(=O)O)ccc2F)n[nH]1. The molecular formula is C15H16FN3O3. The molecule has 116 valence electrons. The van der Waals surface area contributed by atoms with Crippen molar-refractivity contribution in [3.8, 4) is 0 Å². The summed E-state index contributed by atoms with van der Waals surface area (Å²) in [6.45, 7) is 5.87. The highest BCUT2D eigenvalue weighted by Gasteiger charge is 2.20. The van der Waals surface area contributed by atoms with E-state index in [-0.39, 0.29) is 22.4 Å². The number of anilines is 1. The van der Waals surface area contributed by atoms with Gasteiger partial charge in [0.2, 0.25) is 0 Å². The number of hydrogen-bond acceptors (Lipinski definition) is 3. The molecule has 0 unspecified atom stereocenters. The van der Waals surface area contributed by atoms with Crippen molar-refractivity contribution in [2.45, 2.75) is 26.2 Å². The predicted molar refractivity (Wildman–Crippen MR) is 78.6 cm³/mol. The molecule has 6 nitrogen and oxygen atoms in total. The highest BCUT2D eigenvalue weighted by molar-refractivity contribution is 6.03. The van der Waals surface area contributed by atoms with Crippen LogP contribution in [0.5, 0.6) is 0 Å². The molecule has 0 bridgehead atoms. The van der Waals surface area contributed by atoms with Crippen molar-refractivity contribution < 1.29 is 19.1 Å². The topological polar surface area (TPSA) is 95.1 Å². The molecule has 0 spiro atoms. The van der Waals surface area contributed by atoms with Gasteiger partial charge in [0.15, 0.2) is 5.69 Å². The fourth-order valence-corrected chi connectivity index (χ4v) is 1.76. The standard InChI is InChI=1S/C15H16FN3O3/c1-15(2,3)12-7-11(18-19-12)13(20)17-10-6-8(14(21)22)4-5-9(10)16/h4-7H,1-3H3,(H,17,20)(H,18,19)(H,21,22). The number of hydrogen-bond donors (Lipinski definition) is 3. The summed E-state index contributed by atoms with van der Waals surface area (Å²) in [7, 11) is 0. The minimum atomic E-state index is -1.20. The molecule has 2 rings (SSSR count). The first-order valence-electron chi connectivity index (χ1n) is 6.58. The summed E-state index contributed by atoms with van der Waals surface area (Å²) in [4.78, 5) is 23.0. The second kappa shape index (κ2) is 5.59. The zero-order chi connectivity index (χ0) is 16.5. The average Bonchev–Trinajstić information content (AvgIpc) is 2.90. The molecule has 0 saturated heterocycles. The minimum Gasteiger partial charge on any atom is -0.478 e. The number of aromatic carboxylic acids is 1. The van der Waals surface area contributed by atoms with Gasteiger partial charge in [-0.1, -0.05) is 20.8 Å². The molecule has 1 aromatic heterocycles. The van der Waals surface area contributed by atoms with E-state index >= 15 is 0 Å². The molecule has 0 aliphatic heterocycles. The third-order valence-corrected chi connectivity index (χ3v) is 3.08. The number of carbonyl (C=O) groups excluding carboxylic acids is 1. The molecule has 1 aromatic carbocycles. The van der Waals surface area contributed by atoms with E-state index in [0.717, 1.165) is 23.9 Å². The molecule has 0 aliphatic carbocycles. The summed E-state index contributed by atoms with van der Waals surface area (Å²) in [5.74, 6) is -2.54. The number of carbonyl (C=O) groups is 2. The van der Waals surface area contributed by atoms with Gasteiger partial charge in [-0.15, -0.1) is 0 Å². The van der Waals surface area contributed by atoms with Gasteiger partial charge in [-0.2, -0.15) is 5.10 Å². The van der Waals surface area contributed by atoms with Gasteiger partial charge in [-0.3, -0.25) is 9.89 Å². The number of carboxylic acids is 1. The molecule has 0 fully saturated rings. The summed E-state index contributed by atoms with van der Waals surface area (Å²) in [5.41, 5.74) is 0.335. The van der Waals surface area contributed by atoms with Gasteiger partial charge >= 0.3 is 5.97 Å². The fraction of sp³-hybridized carbons (Fsp3) is 0.267. The van der Waals surface area contributed by atoms with E-state index in [1.54, 1.807) is 6.07 Å². The number of H-pyrrole nitrogens is 1. The first-order chi connectivity index (χ1) is 10.2. The van der Waals surface area contributed by atoms with Crippen LogP contribution in [0.1, 0.15) is 47.3 Å². The highest BCUT2D eigenvalue weighted by Crippen LogP contribution is 2.21. The molecule has 2 aromatic rings. The van der Waals surface area contributed by atoms with Crippen LogP contribution in [0.25, 0.3) is 0 Å². The Bertz CT molecular complexity index is 732. The van der Waals surface area contributed by atoms with Crippen LogP contribution >= 0.6 is 0 Å². The van der Waals surface area contributed by atoms with Crippen LogP contribution in [-0.4, -0.2) is 27.2 Å². The smallest absolute Gasteiger partial charge is 0.335 e. The largest absolute Gasteiger partial charge is 0.478 e. The monoisotopic (exact) mass is 305 g/mol. The molecule has 3 N–H and O–H groups in total. The van der Waals surface area contributed by atoms with Crippen molar-refractivity contribution in [3.63, 3.8) is 0 Å². The number of halogens is 1. The predicted octanol–water partition coefficient (Wildman–Crippen LogP) is 2.80. The fourth-order valence-electron chi connectivity index (χ4n) is 1.76. The second-order valence-electron chi connectivity index (χ2n) is 5.87. The first-order valence-corrected chi connectivity index (χ1v) is 6.58. The number of aromatic amines is 1. The Labute approximate surface area is 126 Å². The maximum atomic E-state index is 13.7. The van der Waals surface area contributed by atoms with Crippen LogP contribution in [0.2, 0.25) is 0 Å². The summed E-state index contributed by atoms with van der Waals surface area (Å²) < 4.78 is 13.7.